The Balaban J connectivity index is 1.77. The van der Waals surface area contributed by atoms with Crippen LogP contribution < -0.4 is 10.1 Å². The van der Waals surface area contributed by atoms with Gasteiger partial charge in [-0.1, -0.05) is 23.7 Å². The van der Waals surface area contributed by atoms with Crippen molar-refractivity contribution in [1.82, 2.24) is 15.1 Å². The van der Waals surface area contributed by atoms with Crippen molar-refractivity contribution in [2.75, 3.05) is 7.11 Å². The maximum atomic E-state index is 6.00. The molecule has 1 aromatic heterocycles. The molecule has 4 nitrogen and oxygen atoms in total. The second-order valence-electron chi connectivity index (χ2n) is 5.94. The molecule has 0 bridgehead atoms. The van der Waals surface area contributed by atoms with Crippen LogP contribution in [0.4, 0.5) is 0 Å². The molecule has 0 spiro atoms. The molecule has 1 saturated carbocycles. The highest BCUT2D eigenvalue weighted by atomic mass is 35.5. The molecular formula is C17H22ClN3O. The summed E-state index contributed by atoms with van der Waals surface area (Å²) in [4.78, 5) is 0. The number of methoxy groups -OCH3 is 1. The van der Waals surface area contributed by atoms with Gasteiger partial charge in [-0.3, -0.25) is 0 Å². The van der Waals surface area contributed by atoms with Crippen molar-refractivity contribution in [3.63, 3.8) is 0 Å². The number of rotatable bonds is 6. The number of aromatic nitrogens is 2. The van der Waals surface area contributed by atoms with Crippen LogP contribution in [0.25, 0.3) is 0 Å². The van der Waals surface area contributed by atoms with E-state index in [2.05, 4.69) is 22.5 Å². The number of nitrogens with one attached hydrogen (secondary N) is 1. The van der Waals surface area contributed by atoms with Crippen LogP contribution in [0.1, 0.15) is 35.7 Å². The van der Waals surface area contributed by atoms with E-state index in [0.29, 0.717) is 12.0 Å². The number of hydrogen-bond acceptors (Lipinski definition) is 3. The van der Waals surface area contributed by atoms with Gasteiger partial charge in [0.25, 0.3) is 0 Å². The first kappa shape index (κ1) is 15.4. The number of nitrogens with zero attached hydrogens (tertiary/aromatic N) is 2. The highest BCUT2D eigenvalue weighted by molar-refractivity contribution is 6.30. The molecular weight excluding hydrogens is 298 g/mol. The number of aryl methyl sites for hydroxylation is 2. The molecule has 0 saturated heterocycles. The molecule has 1 N–H and O–H groups in total. The van der Waals surface area contributed by atoms with Crippen LogP contribution in [-0.2, 0) is 13.6 Å². The fraction of sp³-hybridized carbons (Fsp3) is 0.471. The van der Waals surface area contributed by atoms with Crippen molar-refractivity contribution < 1.29 is 4.74 Å². The van der Waals surface area contributed by atoms with Gasteiger partial charge in [0.2, 0.25) is 5.88 Å². The minimum atomic E-state index is 0.363. The summed E-state index contributed by atoms with van der Waals surface area (Å²) in [6, 6.07) is 8.52. The third kappa shape index (κ3) is 3.13. The fourth-order valence-electron chi connectivity index (χ4n) is 3.01. The third-order valence-corrected chi connectivity index (χ3v) is 4.56. The number of hydrogen-bond donors (Lipinski definition) is 1. The van der Waals surface area contributed by atoms with Crippen molar-refractivity contribution >= 4 is 11.6 Å². The summed E-state index contributed by atoms with van der Waals surface area (Å²) >= 11 is 6.00. The first-order chi connectivity index (χ1) is 10.6. The van der Waals surface area contributed by atoms with Crippen LogP contribution in [0.2, 0.25) is 5.02 Å². The topological polar surface area (TPSA) is 39.1 Å². The van der Waals surface area contributed by atoms with Gasteiger partial charge in [-0.2, -0.15) is 5.10 Å². The normalized spacial score (nSPS) is 15.8. The van der Waals surface area contributed by atoms with Gasteiger partial charge >= 0.3 is 0 Å². The van der Waals surface area contributed by atoms with Gasteiger partial charge in [-0.05, 0) is 43.4 Å². The lowest BCUT2D eigenvalue weighted by molar-refractivity contribution is 0.365. The Kier molecular flexibility index (Phi) is 4.41. The van der Waals surface area contributed by atoms with Crippen molar-refractivity contribution in [3.05, 3.63) is 46.1 Å². The second kappa shape index (κ2) is 6.31. The Morgan fingerprint density at radius 2 is 2.05 bits per heavy atom. The summed E-state index contributed by atoms with van der Waals surface area (Å²) in [5.74, 6) is 1.54. The lowest BCUT2D eigenvalue weighted by Gasteiger charge is -2.19. The Morgan fingerprint density at radius 1 is 1.36 bits per heavy atom. The van der Waals surface area contributed by atoms with Gasteiger partial charge in [-0.15, -0.1) is 0 Å². The van der Waals surface area contributed by atoms with E-state index in [0.717, 1.165) is 28.7 Å². The Hall–Kier alpha value is -1.52. The van der Waals surface area contributed by atoms with E-state index in [1.807, 2.05) is 26.1 Å². The monoisotopic (exact) mass is 319 g/mol. The van der Waals surface area contributed by atoms with E-state index in [1.54, 1.807) is 11.8 Å². The third-order valence-electron chi connectivity index (χ3n) is 4.30. The smallest absolute Gasteiger partial charge is 0.216 e. The average molecular weight is 320 g/mol. The van der Waals surface area contributed by atoms with E-state index in [4.69, 9.17) is 16.3 Å². The first-order valence-electron chi connectivity index (χ1n) is 7.65. The minimum absolute atomic E-state index is 0.363. The van der Waals surface area contributed by atoms with E-state index in [9.17, 15) is 0 Å². The van der Waals surface area contributed by atoms with Crippen LogP contribution in [0.3, 0.4) is 0 Å². The molecule has 22 heavy (non-hydrogen) atoms. The summed E-state index contributed by atoms with van der Waals surface area (Å²) in [6.07, 6.45) is 2.56. The van der Waals surface area contributed by atoms with Gasteiger partial charge in [0, 0.05) is 24.7 Å². The molecule has 1 aliphatic carbocycles. The molecule has 0 aliphatic heterocycles. The summed E-state index contributed by atoms with van der Waals surface area (Å²) in [5, 5.41) is 8.91. The number of benzene rings is 1. The Morgan fingerprint density at radius 3 is 2.64 bits per heavy atom. The minimum Gasteiger partial charge on any atom is -0.481 e. The average Bonchev–Trinajstić information content (AvgIpc) is 3.28. The molecule has 2 aromatic rings. The van der Waals surface area contributed by atoms with Crippen molar-refractivity contribution in [2.24, 2.45) is 13.0 Å². The SMILES string of the molecule is COc1c(CNC(c2ccc(Cl)cc2)C2CC2)c(C)nn1C. The van der Waals surface area contributed by atoms with Crippen LogP contribution in [-0.4, -0.2) is 16.9 Å². The molecule has 1 unspecified atom stereocenters. The highest BCUT2D eigenvalue weighted by Crippen LogP contribution is 2.41. The van der Waals surface area contributed by atoms with Crippen LogP contribution in [0, 0.1) is 12.8 Å². The fourth-order valence-corrected chi connectivity index (χ4v) is 3.13. The zero-order chi connectivity index (χ0) is 15.7. The zero-order valence-corrected chi connectivity index (χ0v) is 14.0. The summed E-state index contributed by atoms with van der Waals surface area (Å²) in [5.41, 5.74) is 3.44. The largest absolute Gasteiger partial charge is 0.481 e. The molecule has 1 aliphatic rings. The molecule has 5 heteroatoms. The van der Waals surface area contributed by atoms with Crippen LogP contribution in [0.15, 0.2) is 24.3 Å². The lowest BCUT2D eigenvalue weighted by atomic mass is 10.0. The molecule has 0 radical (unpaired) electrons. The van der Waals surface area contributed by atoms with Gasteiger partial charge in [0.1, 0.15) is 0 Å². The lowest BCUT2D eigenvalue weighted by Crippen LogP contribution is -2.23. The summed E-state index contributed by atoms with van der Waals surface area (Å²) < 4.78 is 7.26. The predicted molar refractivity (Wildman–Crippen MR) is 88.3 cm³/mol. The predicted octanol–water partition coefficient (Wildman–Crippen LogP) is 3.63. The van der Waals surface area contributed by atoms with Gasteiger partial charge in [0.05, 0.1) is 18.4 Å². The quantitative estimate of drug-likeness (QED) is 0.883. The van der Waals surface area contributed by atoms with Gasteiger partial charge in [-0.25, -0.2) is 4.68 Å². The Labute approximate surface area is 136 Å². The van der Waals surface area contributed by atoms with Crippen LogP contribution >= 0.6 is 11.6 Å². The van der Waals surface area contributed by atoms with Gasteiger partial charge < -0.3 is 10.1 Å². The zero-order valence-electron chi connectivity index (χ0n) is 13.3. The first-order valence-corrected chi connectivity index (χ1v) is 8.03. The van der Waals surface area contributed by atoms with Crippen molar-refractivity contribution in [1.29, 1.82) is 0 Å². The maximum Gasteiger partial charge on any atom is 0.216 e. The molecule has 1 aromatic carbocycles. The molecule has 0 amide bonds. The maximum absolute atomic E-state index is 6.00. The van der Waals surface area contributed by atoms with Crippen molar-refractivity contribution in [2.45, 2.75) is 32.4 Å². The van der Waals surface area contributed by atoms with E-state index in [1.165, 1.54) is 18.4 Å². The van der Waals surface area contributed by atoms with Gasteiger partial charge in [0.15, 0.2) is 0 Å². The standard InChI is InChI=1S/C17H22ClN3O/c1-11-15(17(22-3)21(2)20-11)10-19-16(12-4-5-12)13-6-8-14(18)9-7-13/h6-9,12,16,19H,4-5,10H2,1-3H3. The van der Waals surface area contributed by atoms with Crippen molar-refractivity contribution in [3.8, 4) is 5.88 Å². The summed E-state index contributed by atoms with van der Waals surface area (Å²) in [6.45, 7) is 2.78. The van der Waals surface area contributed by atoms with E-state index >= 15 is 0 Å². The second-order valence-corrected chi connectivity index (χ2v) is 6.38. The molecule has 118 valence electrons. The number of halogens is 1. The molecule has 1 heterocycles. The highest BCUT2D eigenvalue weighted by Gasteiger charge is 2.32. The molecule has 1 fully saturated rings. The molecule has 3 rings (SSSR count). The number of ether oxygens (including phenoxy) is 1. The summed E-state index contributed by atoms with van der Waals surface area (Å²) in [7, 11) is 3.60. The molecule has 1 atom stereocenters. The van der Waals surface area contributed by atoms with E-state index < -0.39 is 0 Å². The Bertz CT molecular complexity index is 647. The van der Waals surface area contributed by atoms with E-state index in [-0.39, 0.29) is 0 Å². The van der Waals surface area contributed by atoms with Crippen LogP contribution in [0.5, 0.6) is 5.88 Å².